The van der Waals surface area contributed by atoms with Crippen LogP contribution in [0.15, 0.2) is 17.9 Å². The van der Waals surface area contributed by atoms with Crippen LogP contribution in [0.5, 0.6) is 0 Å². The van der Waals surface area contributed by atoms with E-state index in [-0.39, 0.29) is 0 Å². The van der Waals surface area contributed by atoms with Crippen molar-refractivity contribution >= 4 is 7.85 Å². The number of rotatable bonds is 0. The molecule has 0 spiro atoms. The molecule has 1 atom stereocenters. The summed E-state index contributed by atoms with van der Waals surface area (Å²) in [6.07, 6.45) is 5.33. The highest BCUT2D eigenvalue weighted by molar-refractivity contribution is 6.13. The second-order valence-corrected chi connectivity index (χ2v) is 2.85. The Morgan fingerprint density at radius 3 is 2.78 bits per heavy atom. The molecule has 48 valence electrons. The largest absolute Gasteiger partial charge is 0.130 e. The van der Waals surface area contributed by atoms with Crippen molar-refractivity contribution in [1.82, 2.24) is 0 Å². The SMILES string of the molecule is BC1CCCCC1=C=C. The van der Waals surface area contributed by atoms with Crippen LogP contribution in [0.3, 0.4) is 0 Å². The summed E-state index contributed by atoms with van der Waals surface area (Å²) >= 11 is 0. The van der Waals surface area contributed by atoms with Crippen molar-refractivity contribution in [3.63, 3.8) is 0 Å². The summed E-state index contributed by atoms with van der Waals surface area (Å²) in [5.41, 5.74) is 4.47. The Labute approximate surface area is 58.1 Å². The molecule has 1 heteroatoms. The summed E-state index contributed by atoms with van der Waals surface area (Å²) in [7, 11) is 2.27. The summed E-state index contributed by atoms with van der Waals surface area (Å²) in [5, 5.41) is 0. The number of hydrogen-bond donors (Lipinski definition) is 0. The minimum absolute atomic E-state index is 0.760. The predicted octanol–water partition coefficient (Wildman–Crippen LogP) is 1.69. The molecule has 0 amide bonds. The lowest BCUT2D eigenvalue weighted by molar-refractivity contribution is 0.600. The third-order valence-electron chi connectivity index (χ3n) is 2.16. The standard InChI is InChI=1S/C8H13B/c1-2-7-5-3-4-6-8(7)9/h8H,1,3-6,9H2. The van der Waals surface area contributed by atoms with Crippen LogP contribution in [-0.2, 0) is 0 Å². The van der Waals surface area contributed by atoms with Gasteiger partial charge in [-0.25, -0.2) is 0 Å². The topological polar surface area (TPSA) is 0 Å². The van der Waals surface area contributed by atoms with E-state index in [1.54, 1.807) is 0 Å². The van der Waals surface area contributed by atoms with Gasteiger partial charge in [0, 0.05) is 0 Å². The van der Waals surface area contributed by atoms with Crippen LogP contribution in [0.25, 0.3) is 0 Å². The Bertz CT molecular complexity index is 143. The van der Waals surface area contributed by atoms with E-state index in [1.165, 1.54) is 31.3 Å². The lowest BCUT2D eigenvalue weighted by Crippen LogP contribution is -2.02. The second-order valence-electron chi connectivity index (χ2n) is 2.85. The lowest BCUT2D eigenvalue weighted by Gasteiger charge is -2.19. The van der Waals surface area contributed by atoms with Crippen molar-refractivity contribution in [2.75, 3.05) is 0 Å². The van der Waals surface area contributed by atoms with Gasteiger partial charge in [-0.2, -0.15) is 0 Å². The molecule has 0 aliphatic heterocycles. The molecule has 0 aromatic heterocycles. The third-order valence-corrected chi connectivity index (χ3v) is 2.16. The quantitative estimate of drug-likeness (QED) is 0.337. The molecule has 1 fully saturated rings. The van der Waals surface area contributed by atoms with Gasteiger partial charge in [0.2, 0.25) is 0 Å². The first-order valence-corrected chi connectivity index (χ1v) is 3.73. The van der Waals surface area contributed by atoms with E-state index >= 15 is 0 Å². The Morgan fingerprint density at radius 2 is 2.33 bits per heavy atom. The maximum atomic E-state index is 3.67. The molecule has 1 unspecified atom stereocenters. The average Bonchev–Trinajstić information content (AvgIpc) is 1.89. The molecule has 1 aliphatic rings. The van der Waals surface area contributed by atoms with E-state index in [2.05, 4.69) is 20.2 Å². The Hall–Kier alpha value is -0.415. The molecule has 0 aromatic carbocycles. The Kier molecular flexibility index (Phi) is 2.19. The Morgan fingerprint density at radius 1 is 1.56 bits per heavy atom. The molecule has 0 aromatic rings. The molecule has 1 rings (SSSR count). The summed E-state index contributed by atoms with van der Waals surface area (Å²) in [4.78, 5) is 0. The van der Waals surface area contributed by atoms with Gasteiger partial charge in [0.25, 0.3) is 0 Å². The first-order chi connectivity index (χ1) is 4.34. The van der Waals surface area contributed by atoms with Gasteiger partial charge < -0.3 is 0 Å². The zero-order valence-electron chi connectivity index (χ0n) is 6.11. The molecule has 0 heterocycles. The zero-order chi connectivity index (χ0) is 6.69. The molecule has 0 nitrogen and oxygen atoms in total. The maximum Gasteiger partial charge on any atom is 0.111 e. The fraction of sp³-hybridized carbons (Fsp3) is 0.625. The number of hydrogen-bond acceptors (Lipinski definition) is 0. The van der Waals surface area contributed by atoms with E-state index in [4.69, 9.17) is 0 Å². The van der Waals surface area contributed by atoms with Crippen molar-refractivity contribution in [3.8, 4) is 0 Å². The molecule has 0 N–H and O–H groups in total. The van der Waals surface area contributed by atoms with Gasteiger partial charge in [-0.3, -0.25) is 0 Å². The van der Waals surface area contributed by atoms with Gasteiger partial charge >= 0.3 is 0 Å². The number of allylic oxidation sites excluding steroid dienone is 1. The van der Waals surface area contributed by atoms with Crippen LogP contribution in [0.4, 0.5) is 0 Å². The van der Waals surface area contributed by atoms with Gasteiger partial charge in [-0.15, -0.1) is 5.73 Å². The van der Waals surface area contributed by atoms with E-state index in [9.17, 15) is 0 Å². The van der Waals surface area contributed by atoms with Crippen LogP contribution < -0.4 is 0 Å². The van der Waals surface area contributed by atoms with Crippen molar-refractivity contribution in [2.45, 2.75) is 31.5 Å². The van der Waals surface area contributed by atoms with E-state index in [1.807, 2.05) is 0 Å². The Balaban J connectivity index is 2.59. The van der Waals surface area contributed by atoms with Gasteiger partial charge in [-0.05, 0) is 24.2 Å². The van der Waals surface area contributed by atoms with Crippen molar-refractivity contribution < 1.29 is 0 Å². The van der Waals surface area contributed by atoms with Crippen LogP contribution >= 0.6 is 0 Å². The van der Waals surface area contributed by atoms with Crippen LogP contribution in [-0.4, -0.2) is 7.85 Å². The minimum atomic E-state index is 0.760. The van der Waals surface area contributed by atoms with Crippen molar-refractivity contribution in [3.05, 3.63) is 17.9 Å². The van der Waals surface area contributed by atoms with Gasteiger partial charge in [0.05, 0.1) is 0 Å². The molecular formula is C8H13B. The van der Waals surface area contributed by atoms with Crippen molar-refractivity contribution in [2.24, 2.45) is 0 Å². The van der Waals surface area contributed by atoms with Crippen LogP contribution in [0.2, 0.25) is 5.82 Å². The minimum Gasteiger partial charge on any atom is -0.130 e. The predicted molar refractivity (Wildman–Crippen MR) is 43.4 cm³/mol. The maximum absolute atomic E-state index is 3.67. The molecule has 0 saturated heterocycles. The van der Waals surface area contributed by atoms with Gasteiger partial charge in [0.15, 0.2) is 0 Å². The fourth-order valence-electron chi connectivity index (χ4n) is 1.45. The molecular weight excluding hydrogens is 107 g/mol. The fourth-order valence-corrected chi connectivity index (χ4v) is 1.45. The molecule has 1 aliphatic carbocycles. The first-order valence-electron chi connectivity index (χ1n) is 3.73. The third kappa shape index (κ3) is 1.49. The molecule has 0 bridgehead atoms. The molecule has 1 saturated carbocycles. The summed E-state index contributed by atoms with van der Waals surface area (Å²) < 4.78 is 0. The van der Waals surface area contributed by atoms with Gasteiger partial charge in [0.1, 0.15) is 7.85 Å². The second kappa shape index (κ2) is 2.94. The smallest absolute Gasteiger partial charge is 0.111 e. The van der Waals surface area contributed by atoms with Crippen LogP contribution in [0.1, 0.15) is 25.7 Å². The van der Waals surface area contributed by atoms with E-state index in [0.29, 0.717) is 0 Å². The lowest BCUT2D eigenvalue weighted by atomic mass is 9.72. The molecule has 0 radical (unpaired) electrons. The molecule has 9 heavy (non-hydrogen) atoms. The van der Waals surface area contributed by atoms with Crippen LogP contribution in [0, 0.1) is 0 Å². The monoisotopic (exact) mass is 120 g/mol. The van der Waals surface area contributed by atoms with E-state index < -0.39 is 0 Å². The van der Waals surface area contributed by atoms with Crippen molar-refractivity contribution in [1.29, 1.82) is 0 Å². The normalized spacial score (nSPS) is 27.6. The summed E-state index contributed by atoms with van der Waals surface area (Å²) in [6, 6.07) is 0. The summed E-state index contributed by atoms with van der Waals surface area (Å²) in [6.45, 7) is 3.67. The summed E-state index contributed by atoms with van der Waals surface area (Å²) in [5.74, 6) is 0.760. The first kappa shape index (κ1) is 6.70. The average molecular weight is 120 g/mol. The van der Waals surface area contributed by atoms with Gasteiger partial charge in [-0.1, -0.05) is 19.4 Å². The highest BCUT2D eigenvalue weighted by Crippen LogP contribution is 2.30. The zero-order valence-corrected chi connectivity index (χ0v) is 6.11. The highest BCUT2D eigenvalue weighted by Gasteiger charge is 2.12. The van der Waals surface area contributed by atoms with E-state index in [0.717, 1.165) is 5.82 Å². The highest BCUT2D eigenvalue weighted by atomic mass is 14.1.